The topological polar surface area (TPSA) is 85.8 Å². The number of nitrogens with zero attached hydrogens (tertiary/aromatic N) is 2. The van der Waals surface area contributed by atoms with E-state index in [2.05, 4.69) is 0 Å². The maximum absolute atomic E-state index is 11.8. The van der Waals surface area contributed by atoms with Gasteiger partial charge in [-0.2, -0.15) is 0 Å². The van der Waals surface area contributed by atoms with Crippen LogP contribution < -0.4 is 0 Å². The fourth-order valence-corrected chi connectivity index (χ4v) is 2.27. The summed E-state index contributed by atoms with van der Waals surface area (Å²) in [6.45, 7) is 3.28. The Morgan fingerprint density at radius 3 is 3.05 bits per heavy atom. The first-order valence-corrected chi connectivity index (χ1v) is 6.25. The molecule has 1 saturated heterocycles. The van der Waals surface area contributed by atoms with Gasteiger partial charge in [0, 0.05) is 0 Å². The number of nitro groups is 1. The predicted molar refractivity (Wildman–Crippen MR) is 65.4 cm³/mol. The third-order valence-corrected chi connectivity index (χ3v) is 3.11. The number of furan rings is 1. The standard InChI is InChI=1S/C12H16N2O5/c1-2-18-12(15)10-4-3-7-13(10)8-9-5-6-11(19-9)14(16)17/h5-6,10H,2-4,7-8H2,1H3. The number of rotatable bonds is 5. The van der Waals surface area contributed by atoms with E-state index in [1.165, 1.54) is 6.07 Å². The van der Waals surface area contributed by atoms with Crippen LogP contribution >= 0.6 is 0 Å². The smallest absolute Gasteiger partial charge is 0.433 e. The third-order valence-electron chi connectivity index (χ3n) is 3.11. The number of ether oxygens (including phenoxy) is 1. The third kappa shape index (κ3) is 3.11. The van der Waals surface area contributed by atoms with Gasteiger partial charge < -0.3 is 9.15 Å². The molecule has 1 atom stereocenters. The summed E-state index contributed by atoms with van der Waals surface area (Å²) >= 11 is 0. The number of carbonyl (C=O) groups is 1. The van der Waals surface area contributed by atoms with Gasteiger partial charge in [-0.15, -0.1) is 0 Å². The lowest BCUT2D eigenvalue weighted by atomic mass is 10.2. The van der Waals surface area contributed by atoms with E-state index in [0.717, 1.165) is 19.4 Å². The van der Waals surface area contributed by atoms with Crippen LogP contribution in [0, 0.1) is 10.1 Å². The summed E-state index contributed by atoms with van der Waals surface area (Å²) in [5.74, 6) is -0.0224. The van der Waals surface area contributed by atoms with Crippen LogP contribution in [0.3, 0.4) is 0 Å². The van der Waals surface area contributed by atoms with Crippen molar-refractivity contribution in [2.45, 2.75) is 32.4 Å². The van der Waals surface area contributed by atoms with Crippen LogP contribution in [0.5, 0.6) is 0 Å². The van der Waals surface area contributed by atoms with E-state index in [1.807, 2.05) is 4.90 Å². The van der Waals surface area contributed by atoms with Gasteiger partial charge in [0.05, 0.1) is 19.2 Å². The molecule has 0 radical (unpaired) electrons. The molecule has 7 heteroatoms. The quantitative estimate of drug-likeness (QED) is 0.459. The van der Waals surface area contributed by atoms with Crippen molar-refractivity contribution in [3.8, 4) is 0 Å². The summed E-state index contributed by atoms with van der Waals surface area (Å²) in [5, 5.41) is 10.5. The fourth-order valence-electron chi connectivity index (χ4n) is 2.27. The molecule has 1 aromatic heterocycles. The average molecular weight is 268 g/mol. The van der Waals surface area contributed by atoms with Gasteiger partial charge in [-0.1, -0.05) is 0 Å². The molecule has 1 aliphatic heterocycles. The molecule has 7 nitrogen and oxygen atoms in total. The van der Waals surface area contributed by atoms with E-state index >= 15 is 0 Å². The lowest BCUT2D eigenvalue weighted by Gasteiger charge is -2.21. The summed E-state index contributed by atoms with van der Waals surface area (Å²) in [6.07, 6.45) is 1.66. The van der Waals surface area contributed by atoms with E-state index < -0.39 is 4.92 Å². The first kappa shape index (κ1) is 13.5. The van der Waals surface area contributed by atoms with Crippen LogP contribution in [0.4, 0.5) is 5.88 Å². The molecule has 0 N–H and O–H groups in total. The summed E-state index contributed by atoms with van der Waals surface area (Å²) in [5.41, 5.74) is 0. The van der Waals surface area contributed by atoms with Crippen LogP contribution in [-0.2, 0) is 16.1 Å². The second kappa shape index (κ2) is 5.83. The zero-order valence-corrected chi connectivity index (χ0v) is 10.7. The molecular formula is C12H16N2O5. The van der Waals surface area contributed by atoms with Gasteiger partial charge in [0.2, 0.25) is 0 Å². The van der Waals surface area contributed by atoms with Crippen molar-refractivity contribution in [1.29, 1.82) is 0 Å². The molecule has 1 unspecified atom stereocenters. The van der Waals surface area contributed by atoms with Crippen LogP contribution in [0.15, 0.2) is 16.5 Å². The predicted octanol–water partition coefficient (Wildman–Crippen LogP) is 1.72. The van der Waals surface area contributed by atoms with Crippen molar-refractivity contribution >= 4 is 11.9 Å². The molecule has 2 rings (SSSR count). The summed E-state index contributed by atoms with van der Waals surface area (Å²) in [6, 6.07) is 2.62. The highest BCUT2D eigenvalue weighted by molar-refractivity contribution is 5.76. The van der Waals surface area contributed by atoms with Crippen molar-refractivity contribution < 1.29 is 18.9 Å². The Morgan fingerprint density at radius 2 is 2.42 bits per heavy atom. The first-order valence-electron chi connectivity index (χ1n) is 6.25. The van der Waals surface area contributed by atoms with Gasteiger partial charge in [0.15, 0.2) is 0 Å². The van der Waals surface area contributed by atoms with E-state index in [0.29, 0.717) is 18.9 Å². The monoisotopic (exact) mass is 268 g/mol. The lowest BCUT2D eigenvalue weighted by Crippen LogP contribution is -2.36. The van der Waals surface area contributed by atoms with Crippen molar-refractivity contribution in [3.05, 3.63) is 28.0 Å². The molecule has 0 saturated carbocycles. The number of esters is 1. The Balaban J connectivity index is 2.00. The maximum atomic E-state index is 11.8. The molecule has 0 bridgehead atoms. The van der Waals surface area contributed by atoms with E-state index in [4.69, 9.17) is 9.15 Å². The highest BCUT2D eigenvalue weighted by Crippen LogP contribution is 2.23. The Morgan fingerprint density at radius 1 is 1.63 bits per heavy atom. The zero-order valence-electron chi connectivity index (χ0n) is 10.7. The van der Waals surface area contributed by atoms with Crippen molar-refractivity contribution in [1.82, 2.24) is 4.90 Å². The Hall–Kier alpha value is -1.89. The van der Waals surface area contributed by atoms with Crippen molar-refractivity contribution in [2.24, 2.45) is 0 Å². The van der Waals surface area contributed by atoms with Crippen molar-refractivity contribution in [2.75, 3.05) is 13.2 Å². The number of carbonyl (C=O) groups excluding carboxylic acids is 1. The number of hydrogen-bond acceptors (Lipinski definition) is 6. The second-order valence-corrected chi connectivity index (χ2v) is 4.38. The van der Waals surface area contributed by atoms with E-state index in [1.54, 1.807) is 13.0 Å². The molecule has 1 aliphatic rings. The Kier molecular flexibility index (Phi) is 4.16. The average Bonchev–Trinajstić information content (AvgIpc) is 2.99. The van der Waals surface area contributed by atoms with Crippen molar-refractivity contribution in [3.63, 3.8) is 0 Å². The molecule has 2 heterocycles. The minimum atomic E-state index is -0.573. The Bertz CT molecular complexity index is 470. The van der Waals surface area contributed by atoms with Crippen LogP contribution in [0.1, 0.15) is 25.5 Å². The minimum absolute atomic E-state index is 0.235. The van der Waals surface area contributed by atoms with Gasteiger partial charge in [-0.05, 0) is 32.4 Å². The largest absolute Gasteiger partial charge is 0.465 e. The summed E-state index contributed by atoms with van der Waals surface area (Å²) < 4.78 is 10.1. The Labute approximate surface area is 110 Å². The molecular weight excluding hydrogens is 252 g/mol. The fraction of sp³-hybridized carbons (Fsp3) is 0.583. The molecule has 19 heavy (non-hydrogen) atoms. The summed E-state index contributed by atoms with van der Waals surface area (Å²) in [7, 11) is 0. The molecule has 0 spiro atoms. The van der Waals surface area contributed by atoms with Gasteiger partial charge in [0.1, 0.15) is 16.7 Å². The molecule has 0 aromatic carbocycles. The van der Waals surface area contributed by atoms with E-state index in [-0.39, 0.29) is 17.9 Å². The van der Waals surface area contributed by atoms with Gasteiger partial charge in [-0.3, -0.25) is 19.8 Å². The first-order chi connectivity index (χ1) is 9.11. The number of likely N-dealkylation sites (tertiary alicyclic amines) is 1. The molecule has 0 amide bonds. The zero-order chi connectivity index (χ0) is 13.8. The van der Waals surface area contributed by atoms with Crippen LogP contribution in [-0.4, -0.2) is 35.0 Å². The number of hydrogen-bond donors (Lipinski definition) is 0. The SMILES string of the molecule is CCOC(=O)C1CCCN1Cc1ccc([N+](=O)[O-])o1. The molecule has 104 valence electrons. The van der Waals surface area contributed by atoms with Crippen LogP contribution in [0.25, 0.3) is 0 Å². The van der Waals surface area contributed by atoms with Gasteiger partial charge in [0.25, 0.3) is 0 Å². The molecule has 0 aliphatic carbocycles. The second-order valence-electron chi connectivity index (χ2n) is 4.38. The van der Waals surface area contributed by atoms with Gasteiger partial charge >= 0.3 is 11.9 Å². The van der Waals surface area contributed by atoms with E-state index in [9.17, 15) is 14.9 Å². The molecule has 1 aromatic rings. The lowest BCUT2D eigenvalue weighted by molar-refractivity contribution is -0.402. The molecule has 1 fully saturated rings. The maximum Gasteiger partial charge on any atom is 0.433 e. The normalized spacial score (nSPS) is 19.5. The minimum Gasteiger partial charge on any atom is -0.465 e. The van der Waals surface area contributed by atoms with Crippen LogP contribution in [0.2, 0.25) is 0 Å². The highest BCUT2D eigenvalue weighted by Gasteiger charge is 2.32. The summed E-state index contributed by atoms with van der Waals surface area (Å²) in [4.78, 5) is 23.6. The highest BCUT2D eigenvalue weighted by atomic mass is 16.6. The van der Waals surface area contributed by atoms with Gasteiger partial charge in [-0.25, -0.2) is 0 Å².